The number of benzene rings is 3. The zero-order chi connectivity index (χ0) is 24.4. The summed E-state index contributed by atoms with van der Waals surface area (Å²) < 4.78 is 0. The third-order valence-electron chi connectivity index (χ3n) is 5.83. The minimum absolute atomic E-state index is 0.0664. The molecule has 2 heterocycles. The molecule has 0 radical (unpaired) electrons. The van der Waals surface area contributed by atoms with Gasteiger partial charge in [0.05, 0.1) is 12.1 Å². The first-order valence-corrected chi connectivity index (χ1v) is 11.9. The Kier molecular flexibility index (Phi) is 5.88. The van der Waals surface area contributed by atoms with Gasteiger partial charge in [0.1, 0.15) is 5.01 Å². The second kappa shape index (κ2) is 9.15. The molecule has 1 aromatic heterocycles. The summed E-state index contributed by atoms with van der Waals surface area (Å²) in [7, 11) is 0. The fourth-order valence-corrected chi connectivity index (χ4v) is 5.01. The molecule has 4 aromatic rings. The van der Waals surface area contributed by atoms with Gasteiger partial charge in [-0.05, 0) is 24.1 Å². The van der Waals surface area contributed by atoms with Gasteiger partial charge in [0, 0.05) is 10.9 Å². The average molecular weight is 483 g/mol. The van der Waals surface area contributed by atoms with Crippen LogP contribution in [0, 0.1) is 6.92 Å². The number of rotatable bonds is 6. The number of thiazole rings is 1. The summed E-state index contributed by atoms with van der Waals surface area (Å²) in [6.45, 7) is 2.01. The van der Waals surface area contributed by atoms with Crippen molar-refractivity contribution in [2.75, 3.05) is 0 Å². The maximum atomic E-state index is 13.7. The Hall–Kier alpha value is -4.30. The number of hydrogen-bond acceptors (Lipinski definition) is 5. The Morgan fingerprint density at radius 1 is 0.971 bits per heavy atom. The highest BCUT2D eigenvalue weighted by molar-refractivity contribution is 7.13. The van der Waals surface area contributed by atoms with Crippen LogP contribution in [0.2, 0.25) is 0 Å². The first-order valence-electron chi connectivity index (χ1n) is 11.1. The van der Waals surface area contributed by atoms with Crippen LogP contribution in [0.1, 0.15) is 22.4 Å². The first kappa shape index (κ1) is 22.5. The van der Waals surface area contributed by atoms with Crippen LogP contribution in [0.25, 0.3) is 10.6 Å². The van der Waals surface area contributed by atoms with E-state index in [0.29, 0.717) is 16.8 Å². The zero-order valence-corrected chi connectivity index (χ0v) is 19.7. The second-order valence-electron chi connectivity index (χ2n) is 8.28. The molecule has 1 fully saturated rings. The number of aryl methyl sites for hydroxylation is 1. The largest absolute Gasteiger partial charge is 0.344 e. The fourth-order valence-electron chi connectivity index (χ4n) is 4.19. The number of carbonyl (C=O) groups excluding carboxylic acids is 3. The van der Waals surface area contributed by atoms with Gasteiger partial charge in [0.25, 0.3) is 5.91 Å². The number of amides is 4. The number of hydrogen-bond donors (Lipinski definition) is 2. The number of aromatic nitrogens is 1. The fraction of sp³-hybridized carbons (Fsp3) is 0.111. The van der Waals surface area contributed by atoms with Crippen molar-refractivity contribution in [3.8, 4) is 10.6 Å². The number of hydrazine groups is 1. The quantitative estimate of drug-likeness (QED) is 0.403. The SMILES string of the molecule is Cc1cccc(-c2nc(CC(=O)NN3C(=O)NC(c4ccccc4)(c4ccccc4)C3=O)cs2)c1. The molecule has 1 aliphatic rings. The number of urea groups is 1. The van der Waals surface area contributed by atoms with Gasteiger partial charge in [0.2, 0.25) is 5.91 Å². The summed E-state index contributed by atoms with van der Waals surface area (Å²) in [5.41, 5.74) is 4.90. The summed E-state index contributed by atoms with van der Waals surface area (Å²) >= 11 is 1.44. The van der Waals surface area contributed by atoms with E-state index in [1.165, 1.54) is 11.3 Å². The smallest absolute Gasteiger partial charge is 0.314 e. The van der Waals surface area contributed by atoms with Gasteiger partial charge in [-0.2, -0.15) is 5.01 Å². The zero-order valence-electron chi connectivity index (χ0n) is 18.9. The monoisotopic (exact) mass is 482 g/mol. The second-order valence-corrected chi connectivity index (χ2v) is 9.14. The van der Waals surface area contributed by atoms with Crippen molar-refractivity contribution in [3.63, 3.8) is 0 Å². The Bertz CT molecular complexity index is 1360. The van der Waals surface area contributed by atoms with E-state index in [2.05, 4.69) is 15.7 Å². The lowest BCUT2D eigenvalue weighted by Crippen LogP contribution is -2.49. The van der Waals surface area contributed by atoms with Gasteiger partial charge in [0.15, 0.2) is 5.54 Å². The molecule has 7 nitrogen and oxygen atoms in total. The van der Waals surface area contributed by atoms with Crippen molar-refractivity contribution in [3.05, 3.63) is 113 Å². The predicted molar refractivity (Wildman–Crippen MR) is 133 cm³/mol. The van der Waals surface area contributed by atoms with Crippen molar-refractivity contribution in [2.24, 2.45) is 0 Å². The summed E-state index contributed by atoms with van der Waals surface area (Å²) in [5, 5.41) is 6.18. The van der Waals surface area contributed by atoms with Crippen LogP contribution in [0.3, 0.4) is 0 Å². The molecule has 0 aliphatic carbocycles. The Balaban J connectivity index is 1.37. The normalized spacial score (nSPS) is 14.6. The summed E-state index contributed by atoms with van der Waals surface area (Å²) in [6.07, 6.45) is -0.0664. The highest BCUT2D eigenvalue weighted by Gasteiger charge is 2.54. The van der Waals surface area contributed by atoms with Crippen LogP contribution in [-0.4, -0.2) is 27.8 Å². The van der Waals surface area contributed by atoms with Crippen molar-refractivity contribution < 1.29 is 14.4 Å². The van der Waals surface area contributed by atoms with Gasteiger partial charge < -0.3 is 5.32 Å². The molecule has 0 spiro atoms. The van der Waals surface area contributed by atoms with E-state index in [1.807, 2.05) is 43.3 Å². The minimum Gasteiger partial charge on any atom is -0.314 e. The van der Waals surface area contributed by atoms with Gasteiger partial charge in [-0.3, -0.25) is 15.0 Å². The average Bonchev–Trinajstić information content (AvgIpc) is 3.44. The van der Waals surface area contributed by atoms with Gasteiger partial charge in [-0.25, -0.2) is 9.78 Å². The highest BCUT2D eigenvalue weighted by atomic mass is 32.1. The molecular formula is C27H22N4O3S. The van der Waals surface area contributed by atoms with Crippen molar-refractivity contribution in [2.45, 2.75) is 18.9 Å². The Labute approximate surface area is 206 Å². The van der Waals surface area contributed by atoms with E-state index in [-0.39, 0.29) is 6.42 Å². The van der Waals surface area contributed by atoms with E-state index in [1.54, 1.807) is 53.9 Å². The van der Waals surface area contributed by atoms with Crippen molar-refractivity contribution >= 4 is 29.2 Å². The van der Waals surface area contributed by atoms with Gasteiger partial charge in [-0.15, -0.1) is 11.3 Å². The molecule has 174 valence electrons. The van der Waals surface area contributed by atoms with Gasteiger partial charge >= 0.3 is 6.03 Å². The maximum absolute atomic E-state index is 13.7. The number of imide groups is 1. The lowest BCUT2D eigenvalue weighted by molar-refractivity contribution is -0.138. The number of carbonyl (C=O) groups is 3. The molecule has 0 saturated carbocycles. The van der Waals surface area contributed by atoms with E-state index in [9.17, 15) is 14.4 Å². The van der Waals surface area contributed by atoms with Crippen LogP contribution in [0.15, 0.2) is 90.3 Å². The Morgan fingerprint density at radius 2 is 1.63 bits per heavy atom. The number of nitrogens with one attached hydrogen (secondary N) is 2. The van der Waals surface area contributed by atoms with E-state index < -0.39 is 23.4 Å². The maximum Gasteiger partial charge on any atom is 0.344 e. The summed E-state index contributed by atoms with van der Waals surface area (Å²) in [4.78, 5) is 44.0. The standard InChI is InChI=1S/C27H22N4O3S/c1-18-9-8-10-19(15-18)24-28-22(17-35-24)16-23(32)30-31-25(33)27(29-26(31)34,20-11-4-2-5-12-20)21-13-6-3-7-14-21/h2-15,17H,16H2,1H3,(H,29,34)(H,30,32). The number of nitrogens with zero attached hydrogens (tertiary/aromatic N) is 2. The third-order valence-corrected chi connectivity index (χ3v) is 6.77. The molecular weight excluding hydrogens is 460 g/mol. The van der Waals surface area contributed by atoms with Crippen LogP contribution in [0.4, 0.5) is 4.79 Å². The molecule has 4 amide bonds. The molecule has 5 rings (SSSR count). The molecule has 35 heavy (non-hydrogen) atoms. The first-order chi connectivity index (χ1) is 17.0. The lowest BCUT2D eigenvalue weighted by atomic mass is 9.83. The molecule has 1 saturated heterocycles. The van der Waals surface area contributed by atoms with Crippen molar-refractivity contribution in [1.82, 2.24) is 20.7 Å². The molecule has 0 unspecified atom stereocenters. The van der Waals surface area contributed by atoms with Crippen LogP contribution < -0.4 is 10.7 Å². The highest BCUT2D eigenvalue weighted by Crippen LogP contribution is 2.35. The summed E-state index contributed by atoms with van der Waals surface area (Å²) in [6, 6.07) is 25.2. The van der Waals surface area contributed by atoms with Crippen LogP contribution >= 0.6 is 11.3 Å². The van der Waals surface area contributed by atoms with Gasteiger partial charge in [-0.1, -0.05) is 84.4 Å². The molecule has 2 N–H and O–H groups in total. The third kappa shape index (κ3) is 4.20. The lowest BCUT2D eigenvalue weighted by Gasteiger charge is -2.27. The topological polar surface area (TPSA) is 91.4 Å². The van der Waals surface area contributed by atoms with Crippen LogP contribution in [0.5, 0.6) is 0 Å². The minimum atomic E-state index is -1.44. The van der Waals surface area contributed by atoms with E-state index in [4.69, 9.17) is 0 Å². The summed E-state index contributed by atoms with van der Waals surface area (Å²) in [5.74, 6) is -1.08. The van der Waals surface area contributed by atoms with E-state index in [0.717, 1.165) is 21.1 Å². The predicted octanol–water partition coefficient (Wildman–Crippen LogP) is 4.19. The van der Waals surface area contributed by atoms with Crippen LogP contribution in [-0.2, 0) is 21.5 Å². The molecule has 0 atom stereocenters. The molecule has 3 aromatic carbocycles. The molecule has 8 heteroatoms. The molecule has 1 aliphatic heterocycles. The molecule has 0 bridgehead atoms. The van der Waals surface area contributed by atoms with E-state index >= 15 is 0 Å². The van der Waals surface area contributed by atoms with Crippen molar-refractivity contribution in [1.29, 1.82) is 0 Å². The Morgan fingerprint density at radius 3 is 2.26 bits per heavy atom.